The van der Waals surface area contributed by atoms with E-state index in [0.29, 0.717) is 36.0 Å². The molecule has 28 heavy (non-hydrogen) atoms. The number of esters is 1. The van der Waals surface area contributed by atoms with E-state index in [0.717, 1.165) is 12.0 Å². The molecule has 6 nitrogen and oxygen atoms in total. The van der Waals surface area contributed by atoms with Crippen LogP contribution < -0.4 is 14.2 Å². The third-order valence-electron chi connectivity index (χ3n) is 4.22. The van der Waals surface area contributed by atoms with E-state index in [1.807, 2.05) is 12.1 Å². The fourth-order valence-corrected chi connectivity index (χ4v) is 2.70. The maximum absolute atomic E-state index is 12.4. The second kappa shape index (κ2) is 9.08. The summed E-state index contributed by atoms with van der Waals surface area (Å²) in [5.74, 6) is 1.12. The van der Waals surface area contributed by atoms with Crippen molar-refractivity contribution in [2.75, 3.05) is 20.3 Å². The van der Waals surface area contributed by atoms with Crippen molar-refractivity contribution in [3.05, 3.63) is 59.7 Å². The lowest BCUT2D eigenvalue weighted by Crippen LogP contribution is -2.23. The fraction of sp³-hybridized carbons (Fsp3) is 0.273. The van der Waals surface area contributed by atoms with E-state index in [4.69, 9.17) is 18.9 Å². The molecule has 0 saturated carbocycles. The topological polar surface area (TPSA) is 71.1 Å². The minimum absolute atomic E-state index is 0.278. The summed E-state index contributed by atoms with van der Waals surface area (Å²) in [6, 6.07) is 12.1. The molecule has 6 heteroatoms. The van der Waals surface area contributed by atoms with Crippen LogP contribution in [0.1, 0.15) is 29.3 Å². The summed E-state index contributed by atoms with van der Waals surface area (Å²) in [4.78, 5) is 24.4. The van der Waals surface area contributed by atoms with Gasteiger partial charge in [0.05, 0.1) is 20.3 Å². The van der Waals surface area contributed by atoms with Gasteiger partial charge in [0.1, 0.15) is 5.75 Å². The van der Waals surface area contributed by atoms with Gasteiger partial charge in [0, 0.05) is 18.1 Å². The van der Waals surface area contributed by atoms with Gasteiger partial charge in [-0.25, -0.2) is 4.79 Å². The molecule has 1 aliphatic heterocycles. The fourth-order valence-electron chi connectivity index (χ4n) is 2.70. The summed E-state index contributed by atoms with van der Waals surface area (Å²) in [7, 11) is 1.55. The molecule has 0 N–H and O–H groups in total. The van der Waals surface area contributed by atoms with Crippen LogP contribution in [0.25, 0.3) is 6.08 Å². The lowest BCUT2D eigenvalue weighted by atomic mass is 10.1. The molecule has 0 fully saturated rings. The largest absolute Gasteiger partial charge is 0.497 e. The summed E-state index contributed by atoms with van der Waals surface area (Å²) < 4.78 is 21.5. The van der Waals surface area contributed by atoms with Crippen LogP contribution in [-0.4, -0.2) is 38.2 Å². The van der Waals surface area contributed by atoms with Crippen molar-refractivity contribution in [3.8, 4) is 17.2 Å². The molecule has 0 aliphatic carbocycles. The summed E-state index contributed by atoms with van der Waals surface area (Å²) in [5, 5.41) is 0. The van der Waals surface area contributed by atoms with Gasteiger partial charge in [-0.1, -0.05) is 6.07 Å². The van der Waals surface area contributed by atoms with E-state index in [1.54, 1.807) is 50.4 Å². The average molecular weight is 382 g/mol. The lowest BCUT2D eigenvalue weighted by molar-refractivity contribution is -0.140. The van der Waals surface area contributed by atoms with Gasteiger partial charge in [0.25, 0.3) is 0 Å². The number of ether oxygens (including phenoxy) is 4. The number of benzene rings is 2. The molecule has 0 amide bonds. The van der Waals surface area contributed by atoms with Gasteiger partial charge in [-0.05, 0) is 55.0 Å². The van der Waals surface area contributed by atoms with Crippen LogP contribution in [0.2, 0.25) is 0 Å². The molecular weight excluding hydrogens is 360 g/mol. The van der Waals surface area contributed by atoms with Crippen LogP contribution in [0.4, 0.5) is 0 Å². The van der Waals surface area contributed by atoms with Crippen LogP contribution in [-0.2, 0) is 9.53 Å². The van der Waals surface area contributed by atoms with Crippen LogP contribution >= 0.6 is 0 Å². The standard InChI is InChI=1S/C22H22O6/c1-15(22(24)17-6-8-18(25-2)9-7-17)28-21(23)11-5-16-4-10-19-20(14-16)27-13-3-12-26-19/h4-11,14-15H,3,12-13H2,1-2H3/b11-5+/t15-/m1/s1. The normalized spacial score (nSPS) is 14.2. The quantitative estimate of drug-likeness (QED) is 0.431. The van der Waals surface area contributed by atoms with Gasteiger partial charge >= 0.3 is 5.97 Å². The smallest absolute Gasteiger partial charge is 0.331 e. The summed E-state index contributed by atoms with van der Waals surface area (Å²) in [5.41, 5.74) is 1.23. The molecule has 2 aromatic rings. The number of carbonyl (C=O) groups excluding carboxylic acids is 2. The molecule has 1 atom stereocenters. The lowest BCUT2D eigenvalue weighted by Gasteiger charge is -2.11. The SMILES string of the molecule is COc1ccc(C(=O)[C@@H](C)OC(=O)/C=C/c2ccc3c(c2)OCCCO3)cc1. The van der Waals surface area contributed by atoms with Crippen molar-refractivity contribution in [1.29, 1.82) is 0 Å². The number of methoxy groups -OCH3 is 1. The molecule has 1 aliphatic rings. The Kier molecular flexibility index (Phi) is 6.32. The second-order valence-electron chi connectivity index (χ2n) is 6.26. The van der Waals surface area contributed by atoms with Crippen molar-refractivity contribution in [2.45, 2.75) is 19.4 Å². The predicted octanol–water partition coefficient (Wildman–Crippen LogP) is 3.68. The Hall–Kier alpha value is -3.28. The molecule has 1 heterocycles. The Labute approximate surface area is 163 Å². The van der Waals surface area contributed by atoms with Gasteiger partial charge in [0.2, 0.25) is 5.78 Å². The highest BCUT2D eigenvalue weighted by Gasteiger charge is 2.18. The number of hydrogen-bond acceptors (Lipinski definition) is 6. The number of carbonyl (C=O) groups is 2. The highest BCUT2D eigenvalue weighted by Crippen LogP contribution is 2.30. The first kappa shape index (κ1) is 19.5. The Bertz CT molecular complexity index is 869. The van der Waals surface area contributed by atoms with Crippen molar-refractivity contribution in [1.82, 2.24) is 0 Å². The number of Topliss-reactive ketones (excluding diaryl/α,β-unsaturated/α-hetero) is 1. The zero-order valence-corrected chi connectivity index (χ0v) is 15.8. The van der Waals surface area contributed by atoms with Crippen molar-refractivity contribution in [2.24, 2.45) is 0 Å². The van der Waals surface area contributed by atoms with Crippen molar-refractivity contribution in [3.63, 3.8) is 0 Å². The minimum Gasteiger partial charge on any atom is -0.497 e. The first-order valence-electron chi connectivity index (χ1n) is 9.03. The van der Waals surface area contributed by atoms with Gasteiger partial charge in [-0.2, -0.15) is 0 Å². The maximum atomic E-state index is 12.4. The third kappa shape index (κ3) is 4.91. The number of hydrogen-bond donors (Lipinski definition) is 0. The van der Waals surface area contributed by atoms with Crippen LogP contribution in [0, 0.1) is 0 Å². The van der Waals surface area contributed by atoms with Gasteiger partial charge in [0.15, 0.2) is 17.6 Å². The number of fused-ring (bicyclic) bond motifs is 1. The molecule has 3 rings (SSSR count). The molecule has 0 spiro atoms. The zero-order valence-electron chi connectivity index (χ0n) is 15.8. The average Bonchev–Trinajstić information content (AvgIpc) is 2.96. The molecule has 0 unspecified atom stereocenters. The van der Waals surface area contributed by atoms with Gasteiger partial charge in [-0.15, -0.1) is 0 Å². The number of ketones is 1. The molecule has 0 radical (unpaired) electrons. The summed E-state index contributed by atoms with van der Waals surface area (Å²) in [6.45, 7) is 2.76. The van der Waals surface area contributed by atoms with Crippen LogP contribution in [0.15, 0.2) is 48.5 Å². The first-order valence-corrected chi connectivity index (χ1v) is 9.03. The summed E-state index contributed by atoms with van der Waals surface area (Å²) in [6.07, 6.45) is 2.83. The van der Waals surface area contributed by atoms with Gasteiger partial charge in [-0.3, -0.25) is 4.79 Å². The van der Waals surface area contributed by atoms with Gasteiger partial charge < -0.3 is 18.9 Å². The Balaban J connectivity index is 1.59. The molecule has 0 saturated heterocycles. The maximum Gasteiger partial charge on any atom is 0.331 e. The van der Waals surface area contributed by atoms with E-state index in [-0.39, 0.29) is 5.78 Å². The van der Waals surface area contributed by atoms with E-state index < -0.39 is 12.1 Å². The summed E-state index contributed by atoms with van der Waals surface area (Å²) >= 11 is 0. The van der Waals surface area contributed by atoms with Crippen LogP contribution in [0.5, 0.6) is 17.2 Å². The monoisotopic (exact) mass is 382 g/mol. The van der Waals surface area contributed by atoms with E-state index in [1.165, 1.54) is 6.08 Å². The van der Waals surface area contributed by atoms with Crippen LogP contribution in [0.3, 0.4) is 0 Å². The highest BCUT2D eigenvalue weighted by atomic mass is 16.5. The Morgan fingerprint density at radius 2 is 1.75 bits per heavy atom. The molecule has 146 valence electrons. The molecule has 0 aromatic heterocycles. The minimum atomic E-state index is -0.894. The van der Waals surface area contributed by atoms with E-state index in [2.05, 4.69) is 0 Å². The van der Waals surface area contributed by atoms with E-state index in [9.17, 15) is 9.59 Å². The zero-order chi connectivity index (χ0) is 19.9. The first-order chi connectivity index (χ1) is 13.6. The highest BCUT2D eigenvalue weighted by molar-refractivity contribution is 6.01. The third-order valence-corrected chi connectivity index (χ3v) is 4.22. The van der Waals surface area contributed by atoms with Crippen molar-refractivity contribution >= 4 is 17.8 Å². The molecular formula is C22H22O6. The number of rotatable bonds is 6. The van der Waals surface area contributed by atoms with E-state index >= 15 is 0 Å². The Morgan fingerprint density at radius 1 is 1.04 bits per heavy atom. The predicted molar refractivity (Wildman–Crippen MR) is 104 cm³/mol. The molecule has 0 bridgehead atoms. The Morgan fingerprint density at radius 3 is 2.46 bits per heavy atom. The van der Waals surface area contributed by atoms with Crippen molar-refractivity contribution < 1.29 is 28.5 Å². The molecule has 2 aromatic carbocycles. The second-order valence-corrected chi connectivity index (χ2v) is 6.26.